The highest BCUT2D eigenvalue weighted by atomic mass is 16.5. The summed E-state index contributed by atoms with van der Waals surface area (Å²) in [4.78, 5) is 27.5. The lowest BCUT2D eigenvalue weighted by molar-refractivity contribution is -0.123. The number of ether oxygens (including phenoxy) is 2. The molecule has 0 radical (unpaired) electrons. The lowest BCUT2D eigenvalue weighted by Gasteiger charge is -2.14. The van der Waals surface area contributed by atoms with Gasteiger partial charge in [-0.1, -0.05) is 30.3 Å². The zero-order valence-electron chi connectivity index (χ0n) is 13.9. The summed E-state index contributed by atoms with van der Waals surface area (Å²) in [5, 5.41) is 3.60. The minimum Gasteiger partial charge on any atom is -0.495 e. The van der Waals surface area contributed by atoms with Crippen LogP contribution in [0.25, 0.3) is 10.9 Å². The molecule has 0 fully saturated rings. The van der Waals surface area contributed by atoms with Gasteiger partial charge in [-0.25, -0.2) is 4.79 Å². The topological polar surface area (TPSA) is 80.4 Å². The molecule has 0 aliphatic rings. The number of rotatable bonds is 5. The second-order valence-corrected chi connectivity index (χ2v) is 5.51. The van der Waals surface area contributed by atoms with Gasteiger partial charge in [0, 0.05) is 10.9 Å². The molecule has 0 saturated carbocycles. The number of H-pyrrole nitrogens is 1. The minimum absolute atomic E-state index is 0.304. The summed E-state index contributed by atoms with van der Waals surface area (Å²) in [5.41, 5.74) is 1.65. The fourth-order valence-corrected chi connectivity index (χ4v) is 2.44. The number of hydrogen-bond donors (Lipinski definition) is 2. The molecule has 1 heterocycles. The van der Waals surface area contributed by atoms with Gasteiger partial charge in [0.2, 0.25) is 0 Å². The third-order valence-electron chi connectivity index (χ3n) is 3.77. The zero-order chi connectivity index (χ0) is 17.8. The van der Waals surface area contributed by atoms with Gasteiger partial charge in [-0.2, -0.15) is 0 Å². The second-order valence-electron chi connectivity index (χ2n) is 5.51. The van der Waals surface area contributed by atoms with Crippen molar-refractivity contribution >= 4 is 28.5 Å². The summed E-state index contributed by atoms with van der Waals surface area (Å²) in [6.45, 7) is 1.52. The molecular formula is C19H18N2O4. The average molecular weight is 338 g/mol. The van der Waals surface area contributed by atoms with Crippen LogP contribution in [-0.2, 0) is 9.53 Å². The first-order chi connectivity index (χ1) is 12.1. The zero-order valence-corrected chi connectivity index (χ0v) is 13.9. The van der Waals surface area contributed by atoms with Crippen LogP contribution < -0.4 is 10.1 Å². The maximum absolute atomic E-state index is 12.3. The smallest absolute Gasteiger partial charge is 0.355 e. The fourth-order valence-electron chi connectivity index (χ4n) is 2.44. The number of fused-ring (bicyclic) bond motifs is 1. The van der Waals surface area contributed by atoms with E-state index >= 15 is 0 Å². The highest BCUT2D eigenvalue weighted by Crippen LogP contribution is 2.23. The molecule has 1 atom stereocenters. The number of carbonyl (C=O) groups is 2. The van der Waals surface area contributed by atoms with Crippen LogP contribution in [-0.4, -0.2) is 30.1 Å². The van der Waals surface area contributed by atoms with Gasteiger partial charge >= 0.3 is 5.97 Å². The molecule has 2 N–H and O–H groups in total. The van der Waals surface area contributed by atoms with E-state index in [-0.39, 0.29) is 0 Å². The number of methoxy groups -OCH3 is 1. The van der Waals surface area contributed by atoms with Crippen molar-refractivity contribution in [3.8, 4) is 5.75 Å². The Morgan fingerprint density at radius 1 is 1.08 bits per heavy atom. The molecule has 0 aliphatic heterocycles. The number of aromatic nitrogens is 1. The summed E-state index contributed by atoms with van der Waals surface area (Å²) in [6.07, 6.45) is -0.955. The van der Waals surface area contributed by atoms with Crippen molar-refractivity contribution in [1.29, 1.82) is 0 Å². The first kappa shape index (κ1) is 16.6. The number of benzene rings is 2. The van der Waals surface area contributed by atoms with E-state index in [1.165, 1.54) is 14.0 Å². The Balaban J connectivity index is 1.67. The molecule has 25 heavy (non-hydrogen) atoms. The van der Waals surface area contributed by atoms with E-state index in [1.807, 2.05) is 24.3 Å². The molecule has 3 aromatic rings. The predicted molar refractivity (Wildman–Crippen MR) is 94.8 cm³/mol. The van der Waals surface area contributed by atoms with Crippen molar-refractivity contribution in [2.75, 3.05) is 12.4 Å². The molecule has 6 nitrogen and oxygen atoms in total. The molecule has 0 saturated heterocycles. The molecule has 2 aromatic carbocycles. The number of nitrogens with one attached hydrogen (secondary N) is 2. The number of amides is 1. The maximum Gasteiger partial charge on any atom is 0.355 e. The molecular weight excluding hydrogens is 320 g/mol. The summed E-state index contributed by atoms with van der Waals surface area (Å²) in [7, 11) is 1.52. The van der Waals surface area contributed by atoms with Crippen molar-refractivity contribution < 1.29 is 19.1 Å². The molecule has 1 amide bonds. The SMILES string of the molecule is COc1ccccc1NC(=O)[C@@H](C)OC(=O)c1cc2ccccc2[nH]1. The number of hydrogen-bond acceptors (Lipinski definition) is 4. The van der Waals surface area contributed by atoms with Gasteiger partial charge in [-0.15, -0.1) is 0 Å². The summed E-state index contributed by atoms with van der Waals surface area (Å²) >= 11 is 0. The Morgan fingerprint density at radius 2 is 1.80 bits per heavy atom. The van der Waals surface area contributed by atoms with E-state index in [9.17, 15) is 9.59 Å². The van der Waals surface area contributed by atoms with E-state index in [0.29, 0.717) is 17.1 Å². The molecule has 1 aromatic heterocycles. The molecule has 0 spiro atoms. The van der Waals surface area contributed by atoms with E-state index in [0.717, 1.165) is 10.9 Å². The normalized spacial score (nSPS) is 11.8. The molecule has 0 unspecified atom stereocenters. The van der Waals surface area contributed by atoms with Gasteiger partial charge in [0.1, 0.15) is 11.4 Å². The summed E-state index contributed by atoms with van der Waals surface area (Å²) < 4.78 is 10.4. The van der Waals surface area contributed by atoms with Crippen LogP contribution >= 0.6 is 0 Å². The van der Waals surface area contributed by atoms with Crippen molar-refractivity contribution in [3.63, 3.8) is 0 Å². The van der Waals surface area contributed by atoms with Crippen LogP contribution in [0.15, 0.2) is 54.6 Å². The number of anilines is 1. The van der Waals surface area contributed by atoms with Crippen LogP contribution in [0.5, 0.6) is 5.75 Å². The largest absolute Gasteiger partial charge is 0.495 e. The number of para-hydroxylation sites is 3. The van der Waals surface area contributed by atoms with Crippen molar-refractivity contribution in [2.45, 2.75) is 13.0 Å². The van der Waals surface area contributed by atoms with Crippen molar-refractivity contribution in [1.82, 2.24) is 4.98 Å². The highest BCUT2D eigenvalue weighted by molar-refractivity contribution is 5.99. The second kappa shape index (κ2) is 7.09. The minimum atomic E-state index is -0.955. The van der Waals surface area contributed by atoms with Crippen LogP contribution in [0, 0.1) is 0 Å². The Bertz CT molecular complexity index is 883. The molecule has 3 rings (SSSR count). The third-order valence-corrected chi connectivity index (χ3v) is 3.77. The van der Waals surface area contributed by atoms with Gasteiger partial charge in [0.25, 0.3) is 5.91 Å². The van der Waals surface area contributed by atoms with Crippen LogP contribution in [0.3, 0.4) is 0 Å². The van der Waals surface area contributed by atoms with Crippen molar-refractivity contribution in [3.05, 3.63) is 60.3 Å². The van der Waals surface area contributed by atoms with Crippen LogP contribution in [0.1, 0.15) is 17.4 Å². The standard InChI is InChI=1S/C19H18N2O4/c1-12(18(22)21-15-9-5-6-10-17(15)24-2)25-19(23)16-11-13-7-3-4-8-14(13)20-16/h3-12,20H,1-2H3,(H,21,22)/t12-/m1/s1. The number of carbonyl (C=O) groups excluding carboxylic acids is 2. The van der Waals surface area contributed by atoms with Crippen LogP contribution in [0.4, 0.5) is 5.69 Å². The fraction of sp³-hybridized carbons (Fsp3) is 0.158. The number of aromatic amines is 1. The lowest BCUT2D eigenvalue weighted by atomic mass is 10.2. The first-order valence-corrected chi connectivity index (χ1v) is 7.81. The number of esters is 1. The predicted octanol–water partition coefficient (Wildman–Crippen LogP) is 3.36. The van der Waals surface area contributed by atoms with E-state index in [1.54, 1.807) is 30.3 Å². The summed E-state index contributed by atoms with van der Waals surface area (Å²) in [5.74, 6) is -0.488. The third kappa shape index (κ3) is 3.63. The van der Waals surface area contributed by atoms with Gasteiger partial charge in [-0.05, 0) is 31.2 Å². The molecule has 0 bridgehead atoms. The first-order valence-electron chi connectivity index (χ1n) is 7.81. The lowest BCUT2D eigenvalue weighted by Crippen LogP contribution is -2.30. The highest BCUT2D eigenvalue weighted by Gasteiger charge is 2.21. The van der Waals surface area contributed by atoms with Crippen molar-refractivity contribution in [2.24, 2.45) is 0 Å². The van der Waals surface area contributed by atoms with Gasteiger partial charge < -0.3 is 19.8 Å². The molecule has 128 valence electrons. The van der Waals surface area contributed by atoms with Gasteiger partial charge in [-0.3, -0.25) is 4.79 Å². The van der Waals surface area contributed by atoms with E-state index in [2.05, 4.69) is 10.3 Å². The van der Waals surface area contributed by atoms with Crippen LogP contribution in [0.2, 0.25) is 0 Å². The Morgan fingerprint density at radius 3 is 2.56 bits per heavy atom. The average Bonchev–Trinajstić information content (AvgIpc) is 3.06. The Hall–Kier alpha value is -3.28. The van der Waals surface area contributed by atoms with E-state index < -0.39 is 18.0 Å². The Kier molecular flexibility index (Phi) is 4.70. The molecule has 6 heteroatoms. The maximum atomic E-state index is 12.3. The van der Waals surface area contributed by atoms with Gasteiger partial charge in [0.05, 0.1) is 12.8 Å². The Labute approximate surface area is 144 Å². The van der Waals surface area contributed by atoms with E-state index in [4.69, 9.17) is 9.47 Å². The van der Waals surface area contributed by atoms with Gasteiger partial charge in [0.15, 0.2) is 6.10 Å². The summed E-state index contributed by atoms with van der Waals surface area (Å²) in [6, 6.07) is 16.2. The monoisotopic (exact) mass is 338 g/mol. The quantitative estimate of drug-likeness (QED) is 0.699. The molecule has 0 aliphatic carbocycles.